The van der Waals surface area contributed by atoms with Crippen molar-refractivity contribution in [2.45, 2.75) is 13.3 Å². The Hall–Kier alpha value is -0.200. The maximum absolute atomic E-state index is 6.13. The van der Waals surface area contributed by atoms with Crippen LogP contribution in [0.15, 0.2) is 28.7 Å². The van der Waals surface area contributed by atoms with Crippen molar-refractivity contribution in [2.24, 2.45) is 0 Å². The minimum absolute atomic E-state index is 0.517. The van der Waals surface area contributed by atoms with E-state index in [9.17, 15) is 0 Å². The number of benzene rings is 1. The molecule has 0 saturated heterocycles. The zero-order valence-corrected chi connectivity index (χ0v) is 13.5. The van der Waals surface area contributed by atoms with Crippen molar-refractivity contribution in [1.29, 1.82) is 0 Å². The Morgan fingerprint density at radius 3 is 2.65 bits per heavy atom. The van der Waals surface area contributed by atoms with Gasteiger partial charge in [0.05, 0.1) is 9.26 Å². The third kappa shape index (κ3) is 2.80. The van der Waals surface area contributed by atoms with Crippen LogP contribution in [0, 0.1) is 3.57 Å². The zero-order chi connectivity index (χ0) is 12.4. The largest absolute Gasteiger partial charge is 0.232 e. The minimum Gasteiger partial charge on any atom is -0.232 e. The molecule has 0 atom stereocenters. The molecule has 0 aliphatic carbocycles. The van der Waals surface area contributed by atoms with Gasteiger partial charge in [-0.15, -0.1) is 0 Å². The number of hydrogen-bond donors (Lipinski definition) is 0. The lowest BCUT2D eigenvalue weighted by atomic mass is 10.2. The molecule has 0 amide bonds. The fourth-order valence-electron chi connectivity index (χ4n) is 1.46. The smallest absolute Gasteiger partial charge is 0.162 e. The monoisotopic (exact) mass is 422 g/mol. The molecule has 0 radical (unpaired) electrons. The highest BCUT2D eigenvalue weighted by Gasteiger charge is 2.12. The van der Waals surface area contributed by atoms with Crippen LogP contribution < -0.4 is 0 Å². The second-order valence-corrected chi connectivity index (χ2v) is 5.72. The van der Waals surface area contributed by atoms with Gasteiger partial charge >= 0.3 is 0 Å². The zero-order valence-electron chi connectivity index (χ0n) is 9.04. The molecule has 0 bridgehead atoms. The van der Waals surface area contributed by atoms with Crippen LogP contribution in [-0.4, -0.2) is 9.97 Å². The van der Waals surface area contributed by atoms with Gasteiger partial charge in [0.2, 0.25) is 0 Å². The highest BCUT2D eigenvalue weighted by Crippen LogP contribution is 2.28. The molecule has 1 aromatic heterocycles. The molecule has 0 spiro atoms. The van der Waals surface area contributed by atoms with Gasteiger partial charge in [0, 0.05) is 10.0 Å². The fraction of sp³-hybridized carbons (Fsp3) is 0.167. The SMILES string of the molecule is CCc1nc(-c2ccccc2Br)nc(Cl)c1I. The van der Waals surface area contributed by atoms with E-state index in [0.717, 1.165) is 25.7 Å². The van der Waals surface area contributed by atoms with Crippen LogP contribution in [0.25, 0.3) is 11.4 Å². The summed E-state index contributed by atoms with van der Waals surface area (Å²) >= 11 is 11.8. The van der Waals surface area contributed by atoms with Crippen LogP contribution in [0.2, 0.25) is 5.15 Å². The average Bonchev–Trinajstić information content (AvgIpc) is 2.33. The highest BCUT2D eigenvalue weighted by molar-refractivity contribution is 14.1. The summed E-state index contributed by atoms with van der Waals surface area (Å²) < 4.78 is 1.90. The van der Waals surface area contributed by atoms with Gasteiger partial charge < -0.3 is 0 Å². The van der Waals surface area contributed by atoms with Crippen molar-refractivity contribution in [2.75, 3.05) is 0 Å². The Labute approximate surface area is 127 Å². The summed E-state index contributed by atoms with van der Waals surface area (Å²) in [5.41, 5.74) is 1.94. The van der Waals surface area contributed by atoms with Crippen LogP contribution in [-0.2, 0) is 6.42 Å². The van der Waals surface area contributed by atoms with E-state index in [1.54, 1.807) is 0 Å². The van der Waals surface area contributed by atoms with Gasteiger partial charge in [-0.2, -0.15) is 0 Å². The fourth-order valence-corrected chi connectivity index (χ4v) is 2.73. The van der Waals surface area contributed by atoms with Crippen molar-refractivity contribution >= 4 is 50.1 Å². The van der Waals surface area contributed by atoms with Gasteiger partial charge in [-0.05, 0) is 35.1 Å². The molecule has 0 saturated carbocycles. The molecule has 2 rings (SSSR count). The maximum Gasteiger partial charge on any atom is 0.162 e. The van der Waals surface area contributed by atoms with E-state index in [0.29, 0.717) is 11.0 Å². The number of halogens is 3. The molecule has 1 heterocycles. The van der Waals surface area contributed by atoms with Crippen molar-refractivity contribution in [1.82, 2.24) is 9.97 Å². The van der Waals surface area contributed by atoms with E-state index in [4.69, 9.17) is 11.6 Å². The molecule has 0 N–H and O–H groups in total. The highest BCUT2D eigenvalue weighted by atomic mass is 127. The molecule has 2 nitrogen and oxygen atoms in total. The van der Waals surface area contributed by atoms with Gasteiger partial charge in [0.1, 0.15) is 5.15 Å². The summed E-state index contributed by atoms with van der Waals surface area (Å²) in [5, 5.41) is 0.517. The Morgan fingerprint density at radius 2 is 2.00 bits per heavy atom. The van der Waals surface area contributed by atoms with Crippen LogP contribution in [0.3, 0.4) is 0 Å². The third-order valence-corrected chi connectivity index (χ3v) is 4.75. The van der Waals surface area contributed by atoms with E-state index >= 15 is 0 Å². The van der Waals surface area contributed by atoms with E-state index < -0.39 is 0 Å². The van der Waals surface area contributed by atoms with Gasteiger partial charge in [0.15, 0.2) is 5.82 Å². The van der Waals surface area contributed by atoms with Gasteiger partial charge in [0.25, 0.3) is 0 Å². The summed E-state index contributed by atoms with van der Waals surface area (Å²) in [6, 6.07) is 7.86. The van der Waals surface area contributed by atoms with Crippen molar-refractivity contribution in [3.05, 3.63) is 43.2 Å². The topological polar surface area (TPSA) is 25.8 Å². The quantitative estimate of drug-likeness (QED) is 0.516. The lowest BCUT2D eigenvalue weighted by molar-refractivity contribution is 0.988. The lowest BCUT2D eigenvalue weighted by Gasteiger charge is -2.07. The summed E-state index contributed by atoms with van der Waals surface area (Å²) in [6.45, 7) is 2.06. The molecule has 5 heteroatoms. The third-order valence-electron chi connectivity index (χ3n) is 2.33. The van der Waals surface area contributed by atoms with Crippen LogP contribution in [0.5, 0.6) is 0 Å². The molecular formula is C12H9BrClIN2. The van der Waals surface area contributed by atoms with Crippen LogP contribution in [0.1, 0.15) is 12.6 Å². The average molecular weight is 423 g/mol. The minimum atomic E-state index is 0.517. The second-order valence-electron chi connectivity index (χ2n) is 3.43. The van der Waals surface area contributed by atoms with E-state index in [1.165, 1.54) is 0 Å². The van der Waals surface area contributed by atoms with Crippen LogP contribution in [0.4, 0.5) is 0 Å². The van der Waals surface area contributed by atoms with Gasteiger partial charge in [-0.1, -0.05) is 52.7 Å². The normalized spacial score (nSPS) is 10.6. The number of nitrogens with zero attached hydrogens (tertiary/aromatic N) is 2. The first-order valence-corrected chi connectivity index (χ1v) is 7.35. The summed E-state index contributed by atoms with van der Waals surface area (Å²) in [4.78, 5) is 8.88. The first-order chi connectivity index (χ1) is 8.13. The van der Waals surface area contributed by atoms with Crippen molar-refractivity contribution in [3.63, 3.8) is 0 Å². The number of hydrogen-bond acceptors (Lipinski definition) is 2. The van der Waals surface area contributed by atoms with Gasteiger partial charge in [-0.3, -0.25) is 0 Å². The second kappa shape index (κ2) is 5.63. The Bertz CT molecular complexity index is 560. The van der Waals surface area contributed by atoms with Gasteiger partial charge in [-0.25, -0.2) is 9.97 Å². The predicted molar refractivity (Wildman–Crippen MR) is 82.3 cm³/mol. The van der Waals surface area contributed by atoms with Crippen molar-refractivity contribution < 1.29 is 0 Å². The predicted octanol–water partition coefficient (Wildman–Crippen LogP) is 4.73. The van der Waals surface area contributed by atoms with E-state index in [1.807, 2.05) is 24.3 Å². The number of aryl methyl sites for hydroxylation is 1. The first-order valence-electron chi connectivity index (χ1n) is 5.10. The standard InChI is InChI=1S/C12H9BrClIN2/c1-2-9-10(15)11(14)17-12(16-9)7-5-3-4-6-8(7)13/h3-6H,2H2,1H3. The molecular weight excluding hydrogens is 414 g/mol. The molecule has 2 aromatic rings. The molecule has 17 heavy (non-hydrogen) atoms. The summed E-state index contributed by atoms with van der Waals surface area (Å²) in [7, 11) is 0. The number of rotatable bonds is 2. The summed E-state index contributed by atoms with van der Waals surface area (Å²) in [6.07, 6.45) is 0.845. The summed E-state index contributed by atoms with van der Waals surface area (Å²) in [5.74, 6) is 0.666. The molecule has 0 aliphatic heterocycles. The van der Waals surface area contributed by atoms with E-state index in [-0.39, 0.29) is 0 Å². The van der Waals surface area contributed by atoms with E-state index in [2.05, 4.69) is 55.4 Å². The lowest BCUT2D eigenvalue weighted by Crippen LogP contribution is -1.99. The van der Waals surface area contributed by atoms with Crippen molar-refractivity contribution in [3.8, 4) is 11.4 Å². The molecule has 0 unspecified atom stereocenters. The number of aromatic nitrogens is 2. The molecule has 0 fully saturated rings. The Morgan fingerprint density at radius 1 is 1.29 bits per heavy atom. The molecule has 0 aliphatic rings. The Kier molecular flexibility index (Phi) is 4.38. The first kappa shape index (κ1) is 13.2. The molecule has 1 aromatic carbocycles. The van der Waals surface area contributed by atoms with Crippen LogP contribution >= 0.6 is 50.1 Å². The maximum atomic E-state index is 6.13. The molecule has 88 valence electrons. The Balaban J connectivity index is 2.61.